The number of thioether (sulfide) groups is 1. The lowest BCUT2D eigenvalue weighted by Gasteiger charge is -2.19. The molecule has 0 saturated carbocycles. The van der Waals surface area contributed by atoms with Gasteiger partial charge in [0.25, 0.3) is 0 Å². The third-order valence-corrected chi connectivity index (χ3v) is 5.00. The third kappa shape index (κ3) is 3.37. The molecular weight excluding hydrogens is 305 g/mol. The maximum absolute atomic E-state index is 13.8. The summed E-state index contributed by atoms with van der Waals surface area (Å²) in [5.41, 5.74) is 2.36. The molecular formula is C15H20FN3S2. The molecule has 1 aliphatic rings. The van der Waals surface area contributed by atoms with Crippen LogP contribution in [-0.4, -0.2) is 29.8 Å². The molecule has 6 heteroatoms. The largest absolute Gasteiger partial charge is 0.377 e. The van der Waals surface area contributed by atoms with Gasteiger partial charge in [-0.25, -0.2) is 9.38 Å². The summed E-state index contributed by atoms with van der Waals surface area (Å²) in [6.45, 7) is 5.78. The zero-order valence-corrected chi connectivity index (χ0v) is 14.6. The molecule has 3 nitrogen and oxygen atoms in total. The molecule has 0 radical (unpaired) electrons. The van der Waals surface area contributed by atoms with Gasteiger partial charge in [0.05, 0.1) is 0 Å². The molecule has 1 aliphatic heterocycles. The van der Waals surface area contributed by atoms with Crippen molar-refractivity contribution in [3.63, 3.8) is 0 Å². The lowest BCUT2D eigenvalue weighted by Crippen LogP contribution is -2.32. The Morgan fingerprint density at radius 1 is 1.38 bits per heavy atom. The highest BCUT2D eigenvalue weighted by Gasteiger charge is 2.30. The van der Waals surface area contributed by atoms with E-state index in [1.807, 2.05) is 45.8 Å². The van der Waals surface area contributed by atoms with Crippen LogP contribution in [0.1, 0.15) is 25.0 Å². The molecule has 2 rings (SSSR count). The van der Waals surface area contributed by atoms with E-state index < -0.39 is 0 Å². The fourth-order valence-electron chi connectivity index (χ4n) is 2.11. The first kappa shape index (κ1) is 16.2. The molecule has 21 heavy (non-hydrogen) atoms. The first-order chi connectivity index (χ1) is 9.72. The minimum Gasteiger partial charge on any atom is -0.377 e. The number of nitrogens with one attached hydrogen (secondary N) is 1. The van der Waals surface area contributed by atoms with E-state index in [0.29, 0.717) is 11.3 Å². The van der Waals surface area contributed by atoms with Gasteiger partial charge >= 0.3 is 0 Å². The quantitative estimate of drug-likeness (QED) is 0.861. The van der Waals surface area contributed by atoms with Gasteiger partial charge in [0.1, 0.15) is 16.3 Å². The van der Waals surface area contributed by atoms with Gasteiger partial charge in [-0.15, -0.1) is 0 Å². The Morgan fingerprint density at radius 2 is 2.05 bits per heavy atom. The van der Waals surface area contributed by atoms with Crippen molar-refractivity contribution in [3.8, 4) is 0 Å². The van der Waals surface area contributed by atoms with Crippen molar-refractivity contribution in [2.24, 2.45) is 4.99 Å². The highest BCUT2D eigenvalue weighted by molar-refractivity contribution is 8.13. The summed E-state index contributed by atoms with van der Waals surface area (Å²) < 4.78 is 13.8. The maximum atomic E-state index is 13.8. The van der Waals surface area contributed by atoms with Crippen molar-refractivity contribution in [2.75, 3.05) is 19.0 Å². The van der Waals surface area contributed by atoms with Crippen LogP contribution in [0.3, 0.4) is 0 Å². The van der Waals surface area contributed by atoms with E-state index in [2.05, 4.69) is 10.3 Å². The molecule has 1 aromatic rings. The number of nitrogens with zero attached hydrogens (tertiary/aromatic N) is 2. The maximum Gasteiger partial charge on any atom is 0.162 e. The number of hydrogen-bond donors (Lipinski definition) is 1. The fourth-order valence-corrected chi connectivity index (χ4v) is 3.43. The lowest BCUT2D eigenvalue weighted by molar-refractivity contribution is 0.616. The van der Waals surface area contributed by atoms with Gasteiger partial charge in [-0.05, 0) is 44.0 Å². The first-order valence-electron chi connectivity index (χ1n) is 6.72. The molecule has 114 valence electrons. The van der Waals surface area contributed by atoms with Crippen LogP contribution in [0.5, 0.6) is 0 Å². The number of benzene rings is 1. The Kier molecular flexibility index (Phi) is 4.58. The van der Waals surface area contributed by atoms with Crippen molar-refractivity contribution in [1.82, 2.24) is 5.32 Å². The molecule has 0 aliphatic carbocycles. The van der Waals surface area contributed by atoms with Crippen LogP contribution in [0.2, 0.25) is 0 Å². The summed E-state index contributed by atoms with van der Waals surface area (Å²) in [5.74, 6) is 0.482. The molecule has 0 atom stereocenters. The Balaban J connectivity index is 2.21. The molecule has 0 bridgehead atoms. The van der Waals surface area contributed by atoms with E-state index in [1.54, 1.807) is 11.8 Å². The number of thiocarbonyl (C=S) groups is 1. The number of rotatable bonds is 3. The molecule has 0 spiro atoms. The smallest absolute Gasteiger partial charge is 0.162 e. The van der Waals surface area contributed by atoms with Crippen LogP contribution >= 0.6 is 24.0 Å². The van der Waals surface area contributed by atoms with E-state index in [-0.39, 0.29) is 11.4 Å². The second kappa shape index (κ2) is 5.93. The van der Waals surface area contributed by atoms with Gasteiger partial charge < -0.3 is 10.2 Å². The van der Waals surface area contributed by atoms with Crippen molar-refractivity contribution >= 4 is 39.8 Å². The number of aliphatic imine (C=N–C) groups is 1. The first-order valence-corrected chi connectivity index (χ1v) is 8.11. The monoisotopic (exact) mass is 325 g/mol. The van der Waals surface area contributed by atoms with E-state index >= 15 is 0 Å². The molecule has 1 heterocycles. The Labute approximate surface area is 135 Å². The predicted octanol–water partition coefficient (Wildman–Crippen LogP) is 3.50. The summed E-state index contributed by atoms with van der Waals surface area (Å²) in [7, 11) is 3.93. The number of anilines is 1. The molecule has 1 aromatic carbocycles. The summed E-state index contributed by atoms with van der Waals surface area (Å²) in [6.07, 6.45) is 0. The van der Waals surface area contributed by atoms with Gasteiger partial charge in [0, 0.05) is 25.5 Å². The molecule has 0 aromatic heterocycles. The Bertz CT molecular complexity index is 609. The van der Waals surface area contributed by atoms with Gasteiger partial charge in [0.15, 0.2) is 5.17 Å². The van der Waals surface area contributed by atoms with Crippen LogP contribution in [0, 0.1) is 12.7 Å². The second-order valence-corrected chi connectivity index (χ2v) is 7.16. The van der Waals surface area contributed by atoms with Crippen LogP contribution in [-0.2, 0) is 5.75 Å². The number of halogens is 1. The normalized spacial score (nSPS) is 16.7. The average Bonchev–Trinajstić information content (AvgIpc) is 2.64. The van der Waals surface area contributed by atoms with Gasteiger partial charge in [-0.2, -0.15) is 0 Å². The van der Waals surface area contributed by atoms with Crippen LogP contribution in [0.15, 0.2) is 17.1 Å². The van der Waals surface area contributed by atoms with Crippen LogP contribution < -0.4 is 10.2 Å². The molecule has 1 N–H and O–H groups in total. The third-order valence-electron chi connectivity index (χ3n) is 3.50. The fraction of sp³-hybridized carbons (Fsp3) is 0.467. The Morgan fingerprint density at radius 3 is 2.57 bits per heavy atom. The Hall–Kier alpha value is -1.14. The van der Waals surface area contributed by atoms with E-state index in [1.165, 1.54) is 6.07 Å². The highest BCUT2D eigenvalue weighted by Crippen LogP contribution is 2.30. The molecule has 0 saturated heterocycles. The highest BCUT2D eigenvalue weighted by atomic mass is 32.2. The molecule has 0 unspecified atom stereocenters. The summed E-state index contributed by atoms with van der Waals surface area (Å²) >= 11 is 6.83. The topological polar surface area (TPSA) is 27.6 Å². The van der Waals surface area contributed by atoms with Gasteiger partial charge in [-0.1, -0.05) is 24.0 Å². The predicted molar refractivity (Wildman–Crippen MR) is 94.0 cm³/mol. The standard InChI is InChI=1S/C15H20FN3S2/c1-9-10(12(19(4)5)7-6-11(9)16)8-21-14-17-13(20)15(2,3)18-14/h6-7H,8H2,1-5H3,(H,17,18,20). The lowest BCUT2D eigenvalue weighted by atomic mass is 10.1. The van der Waals surface area contributed by atoms with Crippen molar-refractivity contribution in [3.05, 3.63) is 29.1 Å². The van der Waals surface area contributed by atoms with Crippen LogP contribution in [0.25, 0.3) is 0 Å². The number of amidine groups is 1. The molecule has 0 amide bonds. The second-order valence-electron chi connectivity index (χ2n) is 5.78. The van der Waals surface area contributed by atoms with Gasteiger partial charge in [-0.3, -0.25) is 0 Å². The zero-order chi connectivity index (χ0) is 15.8. The van der Waals surface area contributed by atoms with Gasteiger partial charge in [0.2, 0.25) is 0 Å². The SMILES string of the molecule is Cc1c(F)ccc(N(C)C)c1CSC1=NC(C)(C)C(=S)N1. The van der Waals surface area contributed by atoms with E-state index in [9.17, 15) is 4.39 Å². The van der Waals surface area contributed by atoms with Crippen molar-refractivity contribution < 1.29 is 4.39 Å². The summed E-state index contributed by atoms with van der Waals surface area (Å²) in [6, 6.07) is 3.33. The summed E-state index contributed by atoms with van der Waals surface area (Å²) in [4.78, 5) is 7.29. The van der Waals surface area contributed by atoms with E-state index in [0.717, 1.165) is 21.4 Å². The minimum atomic E-state index is -0.348. The minimum absolute atomic E-state index is 0.173. The average molecular weight is 325 g/mol. The molecule has 0 fully saturated rings. The van der Waals surface area contributed by atoms with Crippen molar-refractivity contribution in [1.29, 1.82) is 0 Å². The number of hydrogen-bond acceptors (Lipinski definition) is 4. The van der Waals surface area contributed by atoms with Crippen LogP contribution in [0.4, 0.5) is 10.1 Å². The zero-order valence-electron chi connectivity index (χ0n) is 13.0. The summed E-state index contributed by atoms with van der Waals surface area (Å²) in [5, 5.41) is 3.94. The van der Waals surface area contributed by atoms with E-state index in [4.69, 9.17) is 12.2 Å². The van der Waals surface area contributed by atoms with Crippen molar-refractivity contribution in [2.45, 2.75) is 32.1 Å².